The summed E-state index contributed by atoms with van der Waals surface area (Å²) >= 11 is 7.90. The van der Waals surface area contributed by atoms with Gasteiger partial charge in [0.25, 0.3) is 5.91 Å². The molecule has 2 heterocycles. The zero-order valence-electron chi connectivity index (χ0n) is 16.5. The molecule has 0 fully saturated rings. The molecular weight excluding hydrogens is 445 g/mol. The zero-order chi connectivity index (χ0) is 22.2. The molecule has 0 atom stereocenters. The topological polar surface area (TPSA) is 34.0 Å². The van der Waals surface area contributed by atoms with Crippen LogP contribution in [0.5, 0.6) is 0 Å². The molecule has 0 bridgehead atoms. The van der Waals surface area contributed by atoms with Crippen LogP contribution in [0.3, 0.4) is 0 Å². The number of alkyl halides is 3. The van der Waals surface area contributed by atoms with E-state index in [-0.39, 0.29) is 12.5 Å². The number of aromatic nitrogens is 1. The highest BCUT2D eigenvalue weighted by molar-refractivity contribution is 7.19. The van der Waals surface area contributed by atoms with Gasteiger partial charge in [-0.2, -0.15) is 13.2 Å². The zero-order valence-corrected chi connectivity index (χ0v) is 18.0. The number of nitrogens with one attached hydrogen (secondary N) is 1. The van der Waals surface area contributed by atoms with Crippen molar-refractivity contribution in [3.8, 4) is 0 Å². The van der Waals surface area contributed by atoms with Crippen LogP contribution in [0.1, 0.15) is 32.1 Å². The van der Waals surface area contributed by atoms with Gasteiger partial charge >= 0.3 is 6.18 Å². The molecule has 0 unspecified atom stereocenters. The number of halogens is 4. The first-order valence-corrected chi connectivity index (χ1v) is 10.7. The average molecular weight is 463 g/mol. The highest BCUT2D eigenvalue weighted by Crippen LogP contribution is 2.31. The van der Waals surface area contributed by atoms with Crippen LogP contribution >= 0.6 is 22.9 Å². The Bertz CT molecular complexity index is 1260. The van der Waals surface area contributed by atoms with E-state index in [2.05, 4.69) is 5.32 Å². The molecule has 0 aliphatic carbocycles. The van der Waals surface area contributed by atoms with Crippen LogP contribution in [0.15, 0.2) is 60.7 Å². The van der Waals surface area contributed by atoms with E-state index in [1.54, 1.807) is 23.5 Å². The highest BCUT2D eigenvalue weighted by atomic mass is 35.5. The number of benzene rings is 2. The first-order valence-electron chi connectivity index (χ1n) is 9.50. The molecule has 4 rings (SSSR count). The van der Waals surface area contributed by atoms with Crippen molar-refractivity contribution in [3.05, 3.63) is 92.9 Å². The van der Waals surface area contributed by atoms with Crippen LogP contribution in [0, 0.1) is 6.92 Å². The second-order valence-electron chi connectivity index (χ2n) is 7.19. The Kier molecular flexibility index (Phi) is 5.81. The van der Waals surface area contributed by atoms with Gasteiger partial charge in [-0.3, -0.25) is 4.79 Å². The predicted molar refractivity (Wildman–Crippen MR) is 118 cm³/mol. The van der Waals surface area contributed by atoms with Crippen molar-refractivity contribution in [2.24, 2.45) is 0 Å². The third-order valence-corrected chi connectivity index (χ3v) is 6.29. The Hall–Kier alpha value is -2.77. The minimum atomic E-state index is -4.42. The second kappa shape index (κ2) is 8.40. The normalized spacial score (nSPS) is 11.8. The molecule has 0 aliphatic heterocycles. The number of hydrogen-bond donors (Lipinski definition) is 1. The van der Waals surface area contributed by atoms with Crippen molar-refractivity contribution in [2.45, 2.75) is 26.2 Å². The summed E-state index contributed by atoms with van der Waals surface area (Å²) < 4.78 is 41.7. The van der Waals surface area contributed by atoms with Gasteiger partial charge in [-0.25, -0.2) is 0 Å². The molecule has 1 N–H and O–H groups in total. The number of rotatable bonds is 5. The summed E-state index contributed by atoms with van der Waals surface area (Å²) in [6.07, 6.45) is -4.42. The van der Waals surface area contributed by atoms with Crippen LogP contribution in [-0.4, -0.2) is 10.5 Å². The molecule has 8 heteroatoms. The number of carbonyl (C=O) groups excluding carboxylic acids is 1. The van der Waals surface area contributed by atoms with Crippen LogP contribution in [0.2, 0.25) is 5.02 Å². The number of amides is 1. The van der Waals surface area contributed by atoms with Gasteiger partial charge in [-0.05, 0) is 48.4 Å². The Morgan fingerprint density at radius 1 is 1.10 bits per heavy atom. The molecule has 0 saturated carbocycles. The van der Waals surface area contributed by atoms with E-state index in [0.29, 0.717) is 22.8 Å². The predicted octanol–water partition coefficient (Wildman–Crippen LogP) is 6.66. The SMILES string of the molecule is Cc1cc2c(cc(C(=O)NCc3cccc(C(F)(F)F)c3)n2Cc2ccccc2Cl)s1. The second-order valence-corrected chi connectivity index (χ2v) is 8.89. The Morgan fingerprint density at radius 3 is 2.61 bits per heavy atom. The summed E-state index contributed by atoms with van der Waals surface area (Å²) in [5, 5.41) is 3.35. The molecule has 0 saturated heterocycles. The van der Waals surface area contributed by atoms with Crippen LogP contribution < -0.4 is 5.32 Å². The average Bonchev–Trinajstić information content (AvgIpc) is 3.24. The number of nitrogens with zero attached hydrogens (tertiary/aromatic N) is 1. The van der Waals surface area contributed by atoms with Crippen molar-refractivity contribution in [3.63, 3.8) is 0 Å². The van der Waals surface area contributed by atoms with Crippen molar-refractivity contribution >= 4 is 39.1 Å². The van der Waals surface area contributed by atoms with Crippen LogP contribution in [0.25, 0.3) is 10.2 Å². The molecule has 0 aliphatic rings. The Labute approximate surface area is 186 Å². The molecule has 2 aromatic heterocycles. The largest absolute Gasteiger partial charge is 0.416 e. The lowest BCUT2D eigenvalue weighted by atomic mass is 10.1. The molecule has 0 spiro atoms. The fraction of sp³-hybridized carbons (Fsp3) is 0.174. The van der Waals surface area contributed by atoms with Crippen LogP contribution in [0.4, 0.5) is 13.2 Å². The first-order chi connectivity index (χ1) is 14.7. The number of hydrogen-bond acceptors (Lipinski definition) is 2. The maximum absolute atomic E-state index is 13.0. The van der Waals surface area contributed by atoms with Gasteiger partial charge in [0.1, 0.15) is 5.69 Å². The van der Waals surface area contributed by atoms with Crippen molar-refractivity contribution in [2.75, 3.05) is 0 Å². The van der Waals surface area contributed by atoms with Gasteiger partial charge < -0.3 is 9.88 Å². The lowest BCUT2D eigenvalue weighted by Gasteiger charge is -2.13. The molecule has 0 radical (unpaired) electrons. The van der Waals surface area contributed by atoms with E-state index in [0.717, 1.165) is 32.8 Å². The summed E-state index contributed by atoms with van der Waals surface area (Å²) in [5.41, 5.74) is 1.87. The van der Waals surface area contributed by atoms with Gasteiger partial charge in [-0.15, -0.1) is 11.3 Å². The lowest BCUT2D eigenvalue weighted by Crippen LogP contribution is -2.26. The highest BCUT2D eigenvalue weighted by Gasteiger charge is 2.30. The number of carbonyl (C=O) groups is 1. The lowest BCUT2D eigenvalue weighted by molar-refractivity contribution is -0.137. The Morgan fingerprint density at radius 2 is 1.87 bits per heavy atom. The molecule has 31 heavy (non-hydrogen) atoms. The molecule has 2 aromatic carbocycles. The summed E-state index contributed by atoms with van der Waals surface area (Å²) in [6, 6.07) is 16.2. The van der Waals surface area contributed by atoms with Crippen molar-refractivity contribution < 1.29 is 18.0 Å². The van der Waals surface area contributed by atoms with Gasteiger partial charge in [0.2, 0.25) is 0 Å². The summed E-state index contributed by atoms with van der Waals surface area (Å²) in [4.78, 5) is 14.1. The van der Waals surface area contributed by atoms with E-state index in [1.807, 2.05) is 41.8 Å². The fourth-order valence-electron chi connectivity index (χ4n) is 3.45. The maximum atomic E-state index is 13.0. The van der Waals surface area contributed by atoms with E-state index in [4.69, 9.17) is 11.6 Å². The Balaban J connectivity index is 1.61. The minimum Gasteiger partial charge on any atom is -0.347 e. The summed E-state index contributed by atoms with van der Waals surface area (Å²) in [6.45, 7) is 2.40. The molecular formula is C23H18ClF3N2OS. The third-order valence-electron chi connectivity index (χ3n) is 4.94. The van der Waals surface area contributed by atoms with Crippen molar-refractivity contribution in [1.29, 1.82) is 0 Å². The standard InChI is InChI=1S/C23H18ClF3N2OS/c1-14-9-19-21(31-14)11-20(29(19)13-16-6-2-3-8-18(16)24)22(30)28-12-15-5-4-7-17(10-15)23(25,26)27/h2-11H,12-13H2,1H3,(H,28,30). The number of fused-ring (bicyclic) bond motifs is 1. The third kappa shape index (κ3) is 4.62. The van der Waals surface area contributed by atoms with Crippen LogP contribution in [-0.2, 0) is 19.3 Å². The van der Waals surface area contributed by atoms with Crippen molar-refractivity contribution in [1.82, 2.24) is 9.88 Å². The minimum absolute atomic E-state index is 0.00724. The van der Waals surface area contributed by atoms with Gasteiger partial charge in [0.05, 0.1) is 15.8 Å². The van der Waals surface area contributed by atoms with E-state index in [9.17, 15) is 18.0 Å². The number of aryl methyl sites for hydroxylation is 1. The smallest absolute Gasteiger partial charge is 0.347 e. The monoisotopic (exact) mass is 462 g/mol. The quantitative estimate of drug-likeness (QED) is 0.353. The summed E-state index contributed by atoms with van der Waals surface area (Å²) in [7, 11) is 0. The van der Waals surface area contributed by atoms with E-state index in [1.165, 1.54) is 6.07 Å². The van der Waals surface area contributed by atoms with Gasteiger partial charge in [-0.1, -0.05) is 41.9 Å². The molecule has 3 nitrogen and oxygen atoms in total. The van der Waals surface area contributed by atoms with Gasteiger partial charge in [0.15, 0.2) is 0 Å². The molecule has 4 aromatic rings. The number of thiophene rings is 1. The molecule has 160 valence electrons. The maximum Gasteiger partial charge on any atom is 0.416 e. The molecule has 1 amide bonds. The first kappa shape index (κ1) is 21.5. The van der Waals surface area contributed by atoms with E-state index >= 15 is 0 Å². The fourth-order valence-corrected chi connectivity index (χ4v) is 4.61. The summed E-state index contributed by atoms with van der Waals surface area (Å²) in [5.74, 6) is -0.356. The van der Waals surface area contributed by atoms with Gasteiger partial charge in [0, 0.05) is 23.0 Å². The van der Waals surface area contributed by atoms with E-state index < -0.39 is 11.7 Å².